The van der Waals surface area contributed by atoms with Crippen LogP contribution in [-0.4, -0.2) is 64.5 Å². The lowest BCUT2D eigenvalue weighted by Crippen LogP contribution is -2.60. The number of carbonyl (C=O) groups is 2. The number of β-amino-alcohol motifs (C(OH)–C–C–N with tert-alkyl or cyclic N) is 1. The average molecular weight is 282 g/mol. The highest BCUT2D eigenvalue weighted by Gasteiger charge is 2.52. The molecule has 0 saturated carbocycles. The van der Waals surface area contributed by atoms with Crippen LogP contribution >= 0.6 is 0 Å². The van der Waals surface area contributed by atoms with Crippen molar-refractivity contribution in [2.45, 2.75) is 50.3 Å². The van der Waals surface area contributed by atoms with Gasteiger partial charge < -0.3 is 15.7 Å². The second-order valence-corrected chi connectivity index (χ2v) is 6.02. The number of primary amides is 1. The molecule has 2 heterocycles. The second kappa shape index (κ2) is 5.69. The largest absolute Gasteiger partial charge is 0.390 e. The summed E-state index contributed by atoms with van der Waals surface area (Å²) in [5, 5.41) is 10.2. The maximum absolute atomic E-state index is 11.9. The number of nitrogens with two attached hydrogens (primary N) is 1. The number of rotatable bonds is 5. The Kier molecular flexibility index (Phi) is 4.34. The summed E-state index contributed by atoms with van der Waals surface area (Å²) in [6, 6.07) is 0.286. The van der Waals surface area contributed by atoms with Gasteiger partial charge in [0.25, 0.3) is 0 Å². The molecule has 2 rings (SSSR count). The van der Waals surface area contributed by atoms with Gasteiger partial charge in [-0.25, -0.2) is 0 Å². The average Bonchev–Trinajstić information content (AvgIpc) is 2.59. The molecule has 2 saturated heterocycles. The summed E-state index contributed by atoms with van der Waals surface area (Å²) in [5.74, 6) is -0.383. The number of carbonyl (C=O) groups excluding carboxylic acids is 2. The van der Waals surface area contributed by atoms with Crippen molar-refractivity contribution in [1.82, 2.24) is 9.80 Å². The fourth-order valence-electron chi connectivity index (χ4n) is 3.45. The van der Waals surface area contributed by atoms with Crippen molar-refractivity contribution in [3.8, 4) is 0 Å². The molecule has 2 fully saturated rings. The second-order valence-electron chi connectivity index (χ2n) is 6.02. The Balaban J connectivity index is 2.04. The molecule has 0 spiro atoms. The number of nitrogens with zero attached hydrogens (tertiary/aromatic N) is 2. The van der Waals surface area contributed by atoms with E-state index in [1.165, 1.54) is 11.8 Å². The molecule has 2 aliphatic rings. The lowest BCUT2D eigenvalue weighted by molar-refractivity contribution is -0.133. The standard InChI is InChI=1S/C14H24N3O3/c1-10(18)16(2)8-12(19)9-17-11-4-3-6-14(17,7-5-11)13(15)20/h3,11-12,19H,4-9H2,1-2H3,(H2,15,20)/t11-,12?,14+/m1/s1. The predicted octanol–water partition coefficient (Wildman–Crippen LogP) is -0.488. The highest BCUT2D eigenvalue weighted by atomic mass is 16.3. The van der Waals surface area contributed by atoms with E-state index in [0.29, 0.717) is 13.0 Å². The van der Waals surface area contributed by atoms with Crippen molar-refractivity contribution in [3.05, 3.63) is 6.42 Å². The molecule has 6 nitrogen and oxygen atoms in total. The Morgan fingerprint density at radius 2 is 2.30 bits per heavy atom. The summed E-state index contributed by atoms with van der Waals surface area (Å²) in [6.45, 7) is 2.13. The van der Waals surface area contributed by atoms with E-state index in [1.807, 2.05) is 0 Å². The Morgan fingerprint density at radius 1 is 1.60 bits per heavy atom. The third-order valence-electron chi connectivity index (χ3n) is 4.69. The maximum atomic E-state index is 11.9. The van der Waals surface area contributed by atoms with Gasteiger partial charge in [-0.3, -0.25) is 14.5 Å². The van der Waals surface area contributed by atoms with Gasteiger partial charge in [-0.15, -0.1) is 0 Å². The molecule has 2 aliphatic heterocycles. The molecule has 0 aromatic heterocycles. The molecular weight excluding hydrogens is 258 g/mol. The topological polar surface area (TPSA) is 86.9 Å². The highest BCUT2D eigenvalue weighted by molar-refractivity contribution is 5.85. The maximum Gasteiger partial charge on any atom is 0.237 e. The number of aliphatic hydroxyl groups is 1. The van der Waals surface area contributed by atoms with Crippen LogP contribution in [0.3, 0.4) is 0 Å². The number of hydrogen-bond acceptors (Lipinski definition) is 4. The monoisotopic (exact) mass is 282 g/mol. The third kappa shape index (κ3) is 2.67. The van der Waals surface area contributed by atoms with E-state index in [2.05, 4.69) is 11.3 Å². The molecule has 3 atom stereocenters. The molecule has 6 heteroatoms. The lowest BCUT2D eigenvalue weighted by Gasteiger charge is -2.43. The Hall–Kier alpha value is -1.14. The summed E-state index contributed by atoms with van der Waals surface area (Å²) in [4.78, 5) is 26.6. The molecule has 3 N–H and O–H groups in total. The van der Waals surface area contributed by atoms with Crippen LogP contribution in [0, 0.1) is 6.42 Å². The van der Waals surface area contributed by atoms with Gasteiger partial charge in [0, 0.05) is 33.1 Å². The van der Waals surface area contributed by atoms with Crippen LogP contribution in [-0.2, 0) is 9.59 Å². The smallest absolute Gasteiger partial charge is 0.237 e. The zero-order valence-electron chi connectivity index (χ0n) is 12.2. The highest BCUT2D eigenvalue weighted by Crippen LogP contribution is 2.43. The van der Waals surface area contributed by atoms with E-state index in [9.17, 15) is 14.7 Å². The Labute approximate surface area is 119 Å². The molecule has 20 heavy (non-hydrogen) atoms. The van der Waals surface area contributed by atoms with Crippen LogP contribution in [0.15, 0.2) is 0 Å². The summed E-state index contributed by atoms with van der Waals surface area (Å²) in [7, 11) is 1.66. The van der Waals surface area contributed by atoms with Crippen LogP contribution in [0.25, 0.3) is 0 Å². The molecule has 2 amide bonds. The molecule has 2 bridgehead atoms. The minimum Gasteiger partial charge on any atom is -0.390 e. The van der Waals surface area contributed by atoms with Gasteiger partial charge in [-0.05, 0) is 32.1 Å². The van der Waals surface area contributed by atoms with E-state index in [0.717, 1.165) is 19.3 Å². The van der Waals surface area contributed by atoms with E-state index in [4.69, 9.17) is 5.73 Å². The number of piperidine rings is 1. The summed E-state index contributed by atoms with van der Waals surface area (Å²) < 4.78 is 0. The van der Waals surface area contributed by atoms with Crippen LogP contribution in [0.5, 0.6) is 0 Å². The fraction of sp³-hybridized carbons (Fsp3) is 0.786. The van der Waals surface area contributed by atoms with Crippen molar-refractivity contribution in [1.29, 1.82) is 0 Å². The van der Waals surface area contributed by atoms with Crippen molar-refractivity contribution < 1.29 is 14.7 Å². The summed E-state index contributed by atoms with van der Waals surface area (Å²) in [6.07, 6.45) is 4.76. The van der Waals surface area contributed by atoms with Gasteiger partial charge in [0.15, 0.2) is 0 Å². The summed E-state index contributed by atoms with van der Waals surface area (Å²) >= 11 is 0. The number of fused-ring (bicyclic) bond motifs is 2. The first-order valence-electron chi connectivity index (χ1n) is 7.15. The molecule has 1 radical (unpaired) electrons. The van der Waals surface area contributed by atoms with Crippen LogP contribution in [0.4, 0.5) is 0 Å². The van der Waals surface area contributed by atoms with E-state index in [1.54, 1.807) is 7.05 Å². The van der Waals surface area contributed by atoms with Crippen molar-refractivity contribution in [2.75, 3.05) is 20.1 Å². The van der Waals surface area contributed by atoms with Gasteiger partial charge in [-0.1, -0.05) is 0 Å². The van der Waals surface area contributed by atoms with Crippen molar-refractivity contribution in [3.63, 3.8) is 0 Å². The van der Waals surface area contributed by atoms with Gasteiger partial charge in [0.05, 0.1) is 6.10 Å². The minimum atomic E-state index is -0.665. The van der Waals surface area contributed by atoms with Crippen molar-refractivity contribution in [2.24, 2.45) is 5.73 Å². The molecule has 0 aliphatic carbocycles. The molecule has 113 valence electrons. The van der Waals surface area contributed by atoms with Crippen LogP contribution in [0.2, 0.25) is 0 Å². The van der Waals surface area contributed by atoms with E-state index in [-0.39, 0.29) is 24.4 Å². The Bertz CT molecular complexity index is 397. The quantitative estimate of drug-likeness (QED) is 0.712. The SMILES string of the molecule is CC(=O)N(C)CC(O)CN1[C@@H]2C[CH]C[C@@]1(C(N)=O)CC2. The fourth-order valence-corrected chi connectivity index (χ4v) is 3.45. The number of amides is 2. The van der Waals surface area contributed by atoms with Gasteiger partial charge in [-0.2, -0.15) is 0 Å². The minimum absolute atomic E-state index is 0.0800. The zero-order valence-corrected chi connectivity index (χ0v) is 12.2. The number of aliphatic hydroxyl groups excluding tert-OH is 1. The van der Waals surface area contributed by atoms with Gasteiger partial charge in [0.1, 0.15) is 5.54 Å². The lowest BCUT2D eigenvalue weighted by atomic mass is 9.87. The number of likely N-dealkylation sites (N-methyl/N-ethyl adjacent to an activating group) is 1. The first-order chi connectivity index (χ1) is 9.36. The number of hydrogen-bond donors (Lipinski definition) is 2. The molecule has 0 aromatic carbocycles. The van der Waals surface area contributed by atoms with E-state index < -0.39 is 11.6 Å². The molecule has 0 aromatic rings. The van der Waals surface area contributed by atoms with Gasteiger partial charge >= 0.3 is 0 Å². The predicted molar refractivity (Wildman–Crippen MR) is 74.5 cm³/mol. The molecule has 1 unspecified atom stereocenters. The van der Waals surface area contributed by atoms with E-state index >= 15 is 0 Å². The zero-order chi connectivity index (χ0) is 14.9. The third-order valence-corrected chi connectivity index (χ3v) is 4.69. The van der Waals surface area contributed by atoms with Crippen molar-refractivity contribution >= 4 is 11.8 Å². The van der Waals surface area contributed by atoms with Crippen LogP contribution < -0.4 is 5.73 Å². The first-order valence-corrected chi connectivity index (χ1v) is 7.15. The van der Waals surface area contributed by atoms with Crippen LogP contribution in [0.1, 0.15) is 32.6 Å². The first kappa shape index (κ1) is 15.3. The molecular formula is C14H24N3O3. The normalized spacial score (nSPS) is 31.1. The summed E-state index contributed by atoms with van der Waals surface area (Å²) in [5.41, 5.74) is 4.98. The van der Waals surface area contributed by atoms with Gasteiger partial charge in [0.2, 0.25) is 11.8 Å². The Morgan fingerprint density at radius 3 is 2.90 bits per heavy atom.